The Balaban J connectivity index is 1.75. The van der Waals surface area contributed by atoms with Crippen molar-refractivity contribution in [3.05, 3.63) is 72.4 Å². The average Bonchev–Trinajstić information content (AvgIpc) is 2.56. The van der Waals surface area contributed by atoms with Crippen LogP contribution in [0.3, 0.4) is 0 Å². The molecule has 3 aromatic rings. The molecule has 1 amide bonds. The zero-order chi connectivity index (χ0) is 15.4. The minimum Gasteiger partial charge on any atom is -0.324 e. The summed E-state index contributed by atoms with van der Waals surface area (Å²) in [6.07, 6.45) is 2.19. The summed E-state index contributed by atoms with van der Waals surface area (Å²) in [7, 11) is 0. The van der Waals surface area contributed by atoms with Gasteiger partial charge in [0.15, 0.2) is 0 Å². The van der Waals surface area contributed by atoms with E-state index in [-0.39, 0.29) is 5.91 Å². The summed E-state index contributed by atoms with van der Waals surface area (Å²) in [6, 6.07) is 18.6. The van der Waals surface area contributed by atoms with Gasteiger partial charge in [-0.15, -0.1) is 0 Å². The third kappa shape index (κ3) is 3.13. The highest BCUT2D eigenvalue weighted by Gasteiger charge is 2.15. The Kier molecular flexibility index (Phi) is 4.12. The lowest BCUT2D eigenvalue weighted by molar-refractivity contribution is -0.117. The van der Waals surface area contributed by atoms with Crippen molar-refractivity contribution in [3.8, 4) is 0 Å². The molecule has 0 aliphatic heterocycles. The van der Waals surface area contributed by atoms with Crippen LogP contribution >= 0.6 is 0 Å². The fraction of sp³-hybridized carbons (Fsp3) is 0.111. The van der Waals surface area contributed by atoms with Gasteiger partial charge >= 0.3 is 0 Å². The number of carbonyl (C=O) groups is 1. The van der Waals surface area contributed by atoms with Crippen LogP contribution in [0.15, 0.2) is 66.9 Å². The molecule has 0 bridgehead atoms. The van der Waals surface area contributed by atoms with Crippen LogP contribution in [0.25, 0.3) is 10.9 Å². The number of para-hydroxylation sites is 1. The van der Waals surface area contributed by atoms with Gasteiger partial charge in [0.25, 0.3) is 0 Å². The Hall–Kier alpha value is -2.72. The molecular formula is C18H17N3O. The molecule has 1 heterocycles. The van der Waals surface area contributed by atoms with E-state index >= 15 is 0 Å². The van der Waals surface area contributed by atoms with Crippen molar-refractivity contribution in [1.29, 1.82) is 0 Å². The van der Waals surface area contributed by atoms with Gasteiger partial charge < -0.3 is 11.1 Å². The van der Waals surface area contributed by atoms with Gasteiger partial charge in [0, 0.05) is 11.6 Å². The monoisotopic (exact) mass is 291 g/mol. The molecule has 0 aliphatic carbocycles. The summed E-state index contributed by atoms with van der Waals surface area (Å²) < 4.78 is 0. The molecule has 0 saturated carbocycles. The van der Waals surface area contributed by atoms with Gasteiger partial charge in [0.1, 0.15) is 0 Å². The predicted octanol–water partition coefficient (Wildman–Crippen LogP) is 2.74. The third-order valence-electron chi connectivity index (χ3n) is 3.54. The van der Waals surface area contributed by atoms with Crippen LogP contribution in [0.4, 0.5) is 5.69 Å². The number of fused-ring (bicyclic) bond motifs is 1. The first-order valence-electron chi connectivity index (χ1n) is 7.18. The van der Waals surface area contributed by atoms with E-state index < -0.39 is 6.04 Å². The van der Waals surface area contributed by atoms with Crippen molar-refractivity contribution < 1.29 is 4.79 Å². The number of nitrogens with zero attached hydrogens (tertiary/aromatic N) is 1. The van der Waals surface area contributed by atoms with Crippen molar-refractivity contribution in [2.45, 2.75) is 12.5 Å². The van der Waals surface area contributed by atoms with E-state index in [0.29, 0.717) is 6.42 Å². The fourth-order valence-corrected chi connectivity index (χ4v) is 2.39. The maximum atomic E-state index is 12.3. The standard InChI is InChI=1S/C18H17N3O/c19-15(12-13-6-2-1-3-7-13)18(22)21-17-10-11-20-16-9-5-4-8-14(16)17/h1-11,15H,12,19H2,(H,20,21,22)/t15-/m0/s1. The van der Waals surface area contributed by atoms with Gasteiger partial charge in [-0.3, -0.25) is 9.78 Å². The van der Waals surface area contributed by atoms with Crippen LogP contribution in [0.2, 0.25) is 0 Å². The van der Waals surface area contributed by atoms with E-state index in [1.807, 2.05) is 54.6 Å². The van der Waals surface area contributed by atoms with Gasteiger partial charge in [-0.25, -0.2) is 0 Å². The molecule has 1 atom stereocenters. The Morgan fingerprint density at radius 3 is 2.59 bits per heavy atom. The normalized spacial score (nSPS) is 12.0. The zero-order valence-electron chi connectivity index (χ0n) is 12.1. The largest absolute Gasteiger partial charge is 0.324 e. The number of nitrogens with one attached hydrogen (secondary N) is 1. The third-order valence-corrected chi connectivity index (χ3v) is 3.54. The second kappa shape index (κ2) is 6.37. The summed E-state index contributed by atoms with van der Waals surface area (Å²) in [4.78, 5) is 16.6. The highest BCUT2D eigenvalue weighted by Crippen LogP contribution is 2.21. The Morgan fingerprint density at radius 1 is 1.05 bits per heavy atom. The van der Waals surface area contributed by atoms with Crippen LogP contribution < -0.4 is 11.1 Å². The molecule has 2 aromatic carbocycles. The van der Waals surface area contributed by atoms with Crippen molar-refractivity contribution >= 4 is 22.5 Å². The number of pyridine rings is 1. The number of anilines is 1. The first kappa shape index (κ1) is 14.2. The average molecular weight is 291 g/mol. The second-order valence-corrected chi connectivity index (χ2v) is 5.16. The molecule has 3 rings (SSSR count). The lowest BCUT2D eigenvalue weighted by Crippen LogP contribution is -2.37. The molecule has 0 spiro atoms. The maximum Gasteiger partial charge on any atom is 0.241 e. The summed E-state index contributed by atoms with van der Waals surface area (Å²) in [6.45, 7) is 0. The first-order valence-corrected chi connectivity index (χ1v) is 7.18. The highest BCUT2D eigenvalue weighted by atomic mass is 16.2. The van der Waals surface area contributed by atoms with Crippen LogP contribution in [-0.2, 0) is 11.2 Å². The molecule has 0 saturated heterocycles. The van der Waals surface area contributed by atoms with Crippen LogP contribution in [0.1, 0.15) is 5.56 Å². The Bertz CT molecular complexity index is 781. The lowest BCUT2D eigenvalue weighted by Gasteiger charge is -2.13. The summed E-state index contributed by atoms with van der Waals surface area (Å²) in [5, 5.41) is 3.81. The Labute approximate surface area is 129 Å². The number of nitrogens with two attached hydrogens (primary N) is 1. The summed E-state index contributed by atoms with van der Waals surface area (Å²) in [5.41, 5.74) is 8.64. The molecule has 22 heavy (non-hydrogen) atoms. The molecule has 0 unspecified atom stereocenters. The maximum absolute atomic E-state index is 12.3. The van der Waals surface area contributed by atoms with Gasteiger partial charge in [0.05, 0.1) is 17.2 Å². The second-order valence-electron chi connectivity index (χ2n) is 5.16. The van der Waals surface area contributed by atoms with Crippen LogP contribution in [0, 0.1) is 0 Å². The molecule has 4 nitrogen and oxygen atoms in total. The van der Waals surface area contributed by atoms with Gasteiger partial charge in [-0.2, -0.15) is 0 Å². The summed E-state index contributed by atoms with van der Waals surface area (Å²) in [5.74, 6) is -0.194. The van der Waals surface area contributed by atoms with Crippen molar-refractivity contribution in [3.63, 3.8) is 0 Å². The van der Waals surface area contributed by atoms with Crippen molar-refractivity contribution in [2.24, 2.45) is 5.73 Å². The lowest BCUT2D eigenvalue weighted by atomic mass is 10.1. The number of amides is 1. The minimum atomic E-state index is -0.589. The van der Waals surface area contributed by atoms with E-state index in [9.17, 15) is 4.79 Å². The van der Waals surface area contributed by atoms with Gasteiger partial charge in [-0.1, -0.05) is 48.5 Å². The van der Waals surface area contributed by atoms with E-state index in [1.165, 1.54) is 0 Å². The number of rotatable bonds is 4. The summed E-state index contributed by atoms with van der Waals surface area (Å²) >= 11 is 0. The molecule has 1 aromatic heterocycles. The first-order chi connectivity index (χ1) is 10.7. The van der Waals surface area contributed by atoms with Crippen LogP contribution in [0.5, 0.6) is 0 Å². The molecular weight excluding hydrogens is 274 g/mol. The quantitative estimate of drug-likeness (QED) is 0.776. The molecule has 4 heteroatoms. The number of hydrogen-bond acceptors (Lipinski definition) is 3. The van der Waals surface area contributed by atoms with E-state index in [1.54, 1.807) is 12.3 Å². The fourth-order valence-electron chi connectivity index (χ4n) is 2.39. The SMILES string of the molecule is N[C@@H](Cc1ccccc1)C(=O)Nc1ccnc2ccccc12. The van der Waals surface area contributed by atoms with E-state index in [4.69, 9.17) is 5.73 Å². The Morgan fingerprint density at radius 2 is 1.77 bits per heavy atom. The number of benzene rings is 2. The smallest absolute Gasteiger partial charge is 0.241 e. The van der Waals surface area contributed by atoms with E-state index in [2.05, 4.69) is 10.3 Å². The van der Waals surface area contributed by atoms with Crippen LogP contribution in [-0.4, -0.2) is 16.9 Å². The predicted molar refractivity (Wildman–Crippen MR) is 88.5 cm³/mol. The van der Waals surface area contributed by atoms with Crippen molar-refractivity contribution in [1.82, 2.24) is 4.98 Å². The topological polar surface area (TPSA) is 68.0 Å². The molecule has 3 N–H and O–H groups in total. The number of carbonyl (C=O) groups excluding carboxylic acids is 1. The number of hydrogen-bond donors (Lipinski definition) is 2. The molecule has 0 radical (unpaired) electrons. The molecule has 0 aliphatic rings. The number of aromatic nitrogens is 1. The van der Waals surface area contributed by atoms with Gasteiger partial charge in [0.2, 0.25) is 5.91 Å². The van der Waals surface area contributed by atoms with Crippen molar-refractivity contribution in [2.75, 3.05) is 5.32 Å². The van der Waals surface area contributed by atoms with Gasteiger partial charge in [-0.05, 0) is 24.1 Å². The molecule has 110 valence electrons. The molecule has 0 fully saturated rings. The van der Waals surface area contributed by atoms with E-state index in [0.717, 1.165) is 22.2 Å². The zero-order valence-corrected chi connectivity index (χ0v) is 12.1. The highest BCUT2D eigenvalue weighted by molar-refractivity contribution is 6.02. The minimum absolute atomic E-state index is 0.194.